The summed E-state index contributed by atoms with van der Waals surface area (Å²) >= 11 is 0. The quantitative estimate of drug-likeness (QED) is 0.137. The molecule has 3 N–H and O–H groups in total. The number of nitrogens with zero attached hydrogens (tertiary/aromatic N) is 1. The van der Waals surface area contributed by atoms with Crippen LogP contribution in [0.25, 0.3) is 0 Å². The second-order valence-corrected chi connectivity index (χ2v) is 13.7. The average molecular weight is 597 g/mol. The number of nitrogens with one attached hydrogen (secondary N) is 3. The monoisotopic (exact) mass is 596 g/mol. The number of carbonyl (C=O) groups excluding carboxylic acids is 4. The molecule has 2 saturated carbocycles. The molecule has 4 atom stereocenters. The highest BCUT2D eigenvalue weighted by atomic mass is 16.2. The molecule has 1 aromatic rings. The molecule has 43 heavy (non-hydrogen) atoms. The molecule has 2 aliphatic carbocycles. The molecule has 1 aromatic carbocycles. The molecule has 4 unspecified atom stereocenters. The lowest BCUT2D eigenvalue weighted by Crippen LogP contribution is -2.48. The molecule has 3 amide bonds. The van der Waals surface area contributed by atoms with Crippen molar-refractivity contribution in [3.63, 3.8) is 0 Å². The molecule has 0 radical (unpaired) electrons. The lowest BCUT2D eigenvalue weighted by Gasteiger charge is -2.50. The molecule has 2 fully saturated rings. The van der Waals surface area contributed by atoms with Crippen LogP contribution in [0.1, 0.15) is 125 Å². The van der Waals surface area contributed by atoms with Crippen LogP contribution in [-0.2, 0) is 9.59 Å². The van der Waals surface area contributed by atoms with Gasteiger partial charge in [-0.15, -0.1) is 0 Å². The highest BCUT2D eigenvalue weighted by Gasteiger charge is 2.43. The van der Waals surface area contributed by atoms with Gasteiger partial charge in [0, 0.05) is 30.9 Å². The lowest BCUT2D eigenvalue weighted by molar-refractivity contribution is -0.128. The van der Waals surface area contributed by atoms with E-state index in [9.17, 15) is 19.2 Å². The Morgan fingerprint density at radius 2 is 1.67 bits per heavy atom. The van der Waals surface area contributed by atoms with Crippen LogP contribution < -0.4 is 16.0 Å². The van der Waals surface area contributed by atoms with Crippen LogP contribution >= 0.6 is 0 Å². The number of aldehydes is 1. The van der Waals surface area contributed by atoms with Crippen LogP contribution in [0.3, 0.4) is 0 Å². The molecule has 0 aliphatic heterocycles. The fraction of sp³-hybridized carbons (Fsp3) is 0.714. The van der Waals surface area contributed by atoms with E-state index in [1.165, 1.54) is 56.9 Å². The summed E-state index contributed by atoms with van der Waals surface area (Å²) in [4.78, 5) is 49.9. The van der Waals surface area contributed by atoms with Crippen molar-refractivity contribution >= 4 is 30.2 Å². The summed E-state index contributed by atoms with van der Waals surface area (Å²) in [5.74, 6) is 1.80. The van der Waals surface area contributed by atoms with Gasteiger partial charge in [0.05, 0.1) is 5.56 Å². The second kappa shape index (κ2) is 16.9. The van der Waals surface area contributed by atoms with Crippen LogP contribution in [0.5, 0.6) is 0 Å². The van der Waals surface area contributed by atoms with Crippen molar-refractivity contribution in [3.05, 3.63) is 29.3 Å². The maximum absolute atomic E-state index is 13.5. The van der Waals surface area contributed by atoms with Gasteiger partial charge in [-0.25, -0.2) is 0 Å². The van der Waals surface area contributed by atoms with Crippen molar-refractivity contribution in [2.45, 2.75) is 117 Å². The minimum absolute atomic E-state index is 0.255. The first kappa shape index (κ1) is 34.7. The van der Waals surface area contributed by atoms with E-state index in [0.717, 1.165) is 43.6 Å². The third kappa shape index (κ3) is 9.62. The molecular formula is C35H56N4O4. The standard InChI is InChI=1S/C35H56N4O4/c1-6-13-31(33(42)38-24-41)39(5)34(43)32-29(23-40)14-12-15-30(32)37-17-11-9-7-8-10-16-36-26(3)35(4)21-27-18-25(2)19-28(20-27)22-35/h12,14-15,23-28,31,36-37H,6-11,13,16-22H2,1-5H3,(H,38,41,42). The molecule has 0 heterocycles. The zero-order chi connectivity index (χ0) is 31.4. The number of fused-ring (bicyclic) bond motifs is 2. The first-order valence-electron chi connectivity index (χ1n) is 16.7. The van der Waals surface area contributed by atoms with Crippen molar-refractivity contribution in [3.8, 4) is 0 Å². The van der Waals surface area contributed by atoms with Crippen LogP contribution in [0.4, 0.5) is 5.69 Å². The molecule has 3 rings (SSSR count). The van der Waals surface area contributed by atoms with Crippen LogP contribution in [0, 0.1) is 23.2 Å². The van der Waals surface area contributed by atoms with Gasteiger partial charge < -0.3 is 15.5 Å². The Bertz CT molecular complexity index is 1060. The van der Waals surface area contributed by atoms with Crippen LogP contribution in [0.2, 0.25) is 0 Å². The summed E-state index contributed by atoms with van der Waals surface area (Å²) in [6, 6.07) is 4.91. The Morgan fingerprint density at radius 1 is 1.02 bits per heavy atom. The number of anilines is 1. The first-order chi connectivity index (χ1) is 20.6. The van der Waals surface area contributed by atoms with Gasteiger partial charge in [0.15, 0.2) is 6.29 Å². The van der Waals surface area contributed by atoms with E-state index in [4.69, 9.17) is 0 Å². The molecule has 8 heteroatoms. The van der Waals surface area contributed by atoms with Gasteiger partial charge in [-0.2, -0.15) is 0 Å². The van der Waals surface area contributed by atoms with Crippen molar-refractivity contribution in [1.29, 1.82) is 0 Å². The fourth-order valence-electron chi connectivity index (χ4n) is 7.86. The third-order valence-corrected chi connectivity index (χ3v) is 10.1. The summed E-state index contributed by atoms with van der Waals surface area (Å²) in [5.41, 5.74) is 1.54. The van der Waals surface area contributed by atoms with Crippen molar-refractivity contribution < 1.29 is 19.2 Å². The fourth-order valence-corrected chi connectivity index (χ4v) is 7.86. The van der Waals surface area contributed by atoms with Gasteiger partial charge >= 0.3 is 0 Å². The van der Waals surface area contributed by atoms with E-state index < -0.39 is 17.9 Å². The normalized spacial score (nSPS) is 24.4. The Balaban J connectivity index is 1.41. The molecule has 2 aliphatic rings. The zero-order valence-corrected chi connectivity index (χ0v) is 27.3. The van der Waals surface area contributed by atoms with Crippen LogP contribution in [0.15, 0.2) is 18.2 Å². The maximum atomic E-state index is 13.5. The van der Waals surface area contributed by atoms with E-state index in [2.05, 4.69) is 36.7 Å². The van der Waals surface area contributed by atoms with Crippen molar-refractivity contribution in [2.24, 2.45) is 23.2 Å². The smallest absolute Gasteiger partial charge is 0.257 e. The number of unbranched alkanes of at least 4 members (excludes halogenated alkanes) is 4. The highest BCUT2D eigenvalue weighted by Crippen LogP contribution is 2.51. The molecule has 8 nitrogen and oxygen atoms in total. The predicted octanol–water partition coefficient (Wildman–Crippen LogP) is 6.21. The topological polar surface area (TPSA) is 108 Å². The Morgan fingerprint density at radius 3 is 2.30 bits per heavy atom. The minimum Gasteiger partial charge on any atom is -0.384 e. The van der Waals surface area contributed by atoms with Gasteiger partial charge in [-0.3, -0.25) is 24.5 Å². The second-order valence-electron chi connectivity index (χ2n) is 13.7. The lowest BCUT2D eigenvalue weighted by atomic mass is 9.57. The number of carbonyl (C=O) groups is 4. The number of hydrogen-bond acceptors (Lipinski definition) is 6. The highest BCUT2D eigenvalue weighted by molar-refractivity contribution is 6.07. The number of rotatable bonds is 18. The SMILES string of the molecule is CCCC(C(=O)NC=O)N(C)C(=O)c1c(C=O)cccc1NCCCCCCCNC(C)C1(C)CC2CC(C)CC(C2)C1. The molecule has 0 saturated heterocycles. The summed E-state index contributed by atoms with van der Waals surface area (Å²) < 4.78 is 0. The Hall–Kier alpha value is -2.74. The Kier molecular flexibility index (Phi) is 13.7. The summed E-state index contributed by atoms with van der Waals surface area (Å²) in [5, 5.41) is 9.37. The third-order valence-electron chi connectivity index (χ3n) is 10.1. The van der Waals surface area contributed by atoms with E-state index in [0.29, 0.717) is 49.2 Å². The number of benzene rings is 1. The summed E-state index contributed by atoms with van der Waals surface area (Å²) in [6.07, 6.45) is 14.7. The van der Waals surface area contributed by atoms with Crippen molar-refractivity contribution in [2.75, 3.05) is 25.5 Å². The molecule has 0 aromatic heterocycles. The average Bonchev–Trinajstić information content (AvgIpc) is 2.97. The zero-order valence-electron chi connectivity index (χ0n) is 27.3. The maximum Gasteiger partial charge on any atom is 0.257 e. The number of imide groups is 1. The minimum atomic E-state index is -0.804. The summed E-state index contributed by atoms with van der Waals surface area (Å²) in [6.45, 7) is 11.0. The van der Waals surface area contributed by atoms with Crippen molar-refractivity contribution in [1.82, 2.24) is 15.5 Å². The Labute approximate surface area is 259 Å². The first-order valence-corrected chi connectivity index (χ1v) is 16.7. The number of hydrogen-bond donors (Lipinski definition) is 3. The molecule has 0 spiro atoms. The number of likely N-dealkylation sites (N-methyl/N-ethyl adjacent to an activating group) is 1. The molecular weight excluding hydrogens is 540 g/mol. The number of amides is 3. The molecule has 2 bridgehead atoms. The van der Waals surface area contributed by atoms with Gasteiger partial charge in [0.2, 0.25) is 12.3 Å². The van der Waals surface area contributed by atoms with E-state index in [-0.39, 0.29) is 11.1 Å². The summed E-state index contributed by atoms with van der Waals surface area (Å²) in [7, 11) is 1.54. The largest absolute Gasteiger partial charge is 0.384 e. The van der Waals surface area contributed by atoms with E-state index in [1.807, 2.05) is 6.92 Å². The van der Waals surface area contributed by atoms with Gasteiger partial charge in [-0.05, 0) is 94.1 Å². The van der Waals surface area contributed by atoms with Gasteiger partial charge in [0.25, 0.3) is 5.91 Å². The van der Waals surface area contributed by atoms with Gasteiger partial charge in [-0.1, -0.05) is 58.6 Å². The van der Waals surface area contributed by atoms with E-state index >= 15 is 0 Å². The van der Waals surface area contributed by atoms with Gasteiger partial charge in [0.1, 0.15) is 6.04 Å². The molecule has 240 valence electrons. The van der Waals surface area contributed by atoms with Crippen LogP contribution in [-0.4, -0.2) is 61.6 Å². The predicted molar refractivity (Wildman–Crippen MR) is 173 cm³/mol. The van der Waals surface area contributed by atoms with E-state index in [1.54, 1.807) is 18.2 Å².